The second-order valence-electron chi connectivity index (χ2n) is 3.96. The topological polar surface area (TPSA) is 115 Å². The van der Waals surface area contributed by atoms with Gasteiger partial charge in [0.05, 0.1) is 13.2 Å². The van der Waals surface area contributed by atoms with Crippen molar-refractivity contribution in [2.24, 2.45) is 5.73 Å². The fraction of sp³-hybridized carbons (Fsp3) is 0.333. The minimum absolute atomic E-state index is 0.0342. The SMILES string of the molecule is COc1cc(-c2noc(C(N)CCO)n2)ccc1O. The predicted molar refractivity (Wildman–Crippen MR) is 66.6 cm³/mol. The molecule has 0 spiro atoms. The van der Waals surface area contributed by atoms with Gasteiger partial charge in [-0.05, 0) is 24.6 Å². The summed E-state index contributed by atoms with van der Waals surface area (Å²) in [5, 5.41) is 22.1. The van der Waals surface area contributed by atoms with Crippen LogP contribution < -0.4 is 10.5 Å². The molecule has 2 aromatic rings. The molecule has 0 aliphatic heterocycles. The minimum atomic E-state index is -0.495. The van der Waals surface area contributed by atoms with Crippen LogP contribution in [0.1, 0.15) is 18.4 Å². The first-order chi connectivity index (χ1) is 9.15. The van der Waals surface area contributed by atoms with Crippen molar-refractivity contribution in [2.45, 2.75) is 12.5 Å². The monoisotopic (exact) mass is 265 g/mol. The van der Waals surface area contributed by atoms with Crippen molar-refractivity contribution >= 4 is 0 Å². The molecule has 7 nitrogen and oxygen atoms in total. The van der Waals surface area contributed by atoms with Crippen molar-refractivity contribution in [3.8, 4) is 22.9 Å². The first-order valence-electron chi connectivity index (χ1n) is 5.73. The molecule has 0 saturated heterocycles. The normalized spacial score (nSPS) is 12.4. The summed E-state index contributed by atoms with van der Waals surface area (Å²) in [6.07, 6.45) is 0.348. The van der Waals surface area contributed by atoms with Gasteiger partial charge in [-0.1, -0.05) is 5.16 Å². The number of nitrogens with zero attached hydrogens (tertiary/aromatic N) is 2. The van der Waals surface area contributed by atoms with E-state index in [1.807, 2.05) is 0 Å². The molecule has 1 aromatic heterocycles. The van der Waals surface area contributed by atoms with E-state index in [0.717, 1.165) is 0 Å². The molecule has 1 unspecified atom stereocenters. The number of aliphatic hydroxyl groups is 1. The summed E-state index contributed by atoms with van der Waals surface area (Å²) in [5.74, 6) is 0.966. The molecular formula is C12H15N3O4. The van der Waals surface area contributed by atoms with Gasteiger partial charge in [-0.3, -0.25) is 0 Å². The number of aromatic nitrogens is 2. The summed E-state index contributed by atoms with van der Waals surface area (Å²) in [6, 6.07) is 4.23. The van der Waals surface area contributed by atoms with Crippen LogP contribution in [-0.2, 0) is 0 Å². The van der Waals surface area contributed by atoms with Crippen LogP contribution in [0.2, 0.25) is 0 Å². The summed E-state index contributed by atoms with van der Waals surface area (Å²) in [4.78, 5) is 4.15. The lowest BCUT2D eigenvalue weighted by Gasteiger charge is -2.04. The zero-order chi connectivity index (χ0) is 13.8. The molecule has 0 bridgehead atoms. The Kier molecular flexibility index (Phi) is 3.98. The maximum absolute atomic E-state index is 9.51. The standard InChI is InChI=1S/C12H15N3O4/c1-18-10-6-7(2-3-9(10)17)11-14-12(19-15-11)8(13)4-5-16/h2-3,6,8,16-17H,4-5,13H2,1H3. The zero-order valence-corrected chi connectivity index (χ0v) is 10.4. The summed E-state index contributed by atoms with van der Waals surface area (Å²) in [5.41, 5.74) is 6.40. The van der Waals surface area contributed by atoms with E-state index in [1.165, 1.54) is 13.2 Å². The number of hydrogen-bond acceptors (Lipinski definition) is 7. The van der Waals surface area contributed by atoms with Crippen molar-refractivity contribution in [1.29, 1.82) is 0 Å². The first-order valence-corrected chi connectivity index (χ1v) is 5.73. The Bertz CT molecular complexity index is 556. The number of ether oxygens (including phenoxy) is 1. The highest BCUT2D eigenvalue weighted by molar-refractivity contribution is 5.60. The van der Waals surface area contributed by atoms with Gasteiger partial charge in [0.2, 0.25) is 11.7 Å². The lowest BCUT2D eigenvalue weighted by Crippen LogP contribution is -2.12. The number of phenolic OH excluding ortho intramolecular Hbond substituents is 1. The highest BCUT2D eigenvalue weighted by Crippen LogP contribution is 2.30. The molecule has 0 fully saturated rings. The minimum Gasteiger partial charge on any atom is -0.504 e. The van der Waals surface area contributed by atoms with Crippen LogP contribution in [0, 0.1) is 0 Å². The summed E-state index contributed by atoms with van der Waals surface area (Å²) in [7, 11) is 1.46. The predicted octanol–water partition coefficient (Wildman–Crippen LogP) is 0.833. The fourth-order valence-electron chi connectivity index (χ4n) is 1.58. The van der Waals surface area contributed by atoms with E-state index >= 15 is 0 Å². The molecule has 2 rings (SSSR count). The lowest BCUT2D eigenvalue weighted by molar-refractivity contribution is 0.259. The van der Waals surface area contributed by atoms with E-state index in [4.69, 9.17) is 20.1 Å². The quantitative estimate of drug-likeness (QED) is 0.733. The third-order valence-electron chi connectivity index (χ3n) is 2.64. The molecule has 4 N–H and O–H groups in total. The molecule has 7 heteroatoms. The maximum Gasteiger partial charge on any atom is 0.243 e. The maximum atomic E-state index is 9.51. The first kappa shape index (κ1) is 13.3. The van der Waals surface area contributed by atoms with Crippen LogP contribution in [0.4, 0.5) is 0 Å². The summed E-state index contributed by atoms with van der Waals surface area (Å²) in [6.45, 7) is -0.0497. The van der Waals surface area contributed by atoms with Gasteiger partial charge < -0.3 is 25.2 Å². The number of methoxy groups -OCH3 is 1. The average Bonchev–Trinajstić information content (AvgIpc) is 2.89. The smallest absolute Gasteiger partial charge is 0.243 e. The number of phenols is 1. The van der Waals surface area contributed by atoms with Crippen LogP contribution in [0.25, 0.3) is 11.4 Å². The van der Waals surface area contributed by atoms with Gasteiger partial charge in [0.25, 0.3) is 0 Å². The van der Waals surface area contributed by atoms with Gasteiger partial charge in [0.15, 0.2) is 11.5 Å². The number of hydrogen-bond donors (Lipinski definition) is 3. The second kappa shape index (κ2) is 5.68. The molecule has 0 radical (unpaired) electrons. The van der Waals surface area contributed by atoms with E-state index in [2.05, 4.69) is 10.1 Å². The number of nitrogens with two attached hydrogens (primary N) is 1. The average molecular weight is 265 g/mol. The zero-order valence-electron chi connectivity index (χ0n) is 10.4. The van der Waals surface area contributed by atoms with E-state index in [1.54, 1.807) is 12.1 Å². The van der Waals surface area contributed by atoms with Gasteiger partial charge in [0.1, 0.15) is 0 Å². The third-order valence-corrected chi connectivity index (χ3v) is 2.64. The van der Waals surface area contributed by atoms with Crippen molar-refractivity contribution in [2.75, 3.05) is 13.7 Å². The number of benzene rings is 1. The number of aromatic hydroxyl groups is 1. The summed E-state index contributed by atoms with van der Waals surface area (Å²) >= 11 is 0. The van der Waals surface area contributed by atoms with Crippen molar-refractivity contribution in [1.82, 2.24) is 10.1 Å². The molecule has 19 heavy (non-hydrogen) atoms. The highest BCUT2D eigenvalue weighted by Gasteiger charge is 2.16. The van der Waals surface area contributed by atoms with Gasteiger partial charge in [-0.2, -0.15) is 4.98 Å². The number of aliphatic hydroxyl groups excluding tert-OH is 1. The Hall–Kier alpha value is -2.12. The molecule has 0 aliphatic rings. The van der Waals surface area contributed by atoms with E-state index in [9.17, 15) is 5.11 Å². The van der Waals surface area contributed by atoms with Gasteiger partial charge >= 0.3 is 0 Å². The van der Waals surface area contributed by atoms with Gasteiger partial charge in [0, 0.05) is 12.2 Å². The van der Waals surface area contributed by atoms with Crippen LogP contribution in [0.15, 0.2) is 22.7 Å². The Morgan fingerprint density at radius 2 is 2.26 bits per heavy atom. The van der Waals surface area contributed by atoms with Crippen LogP contribution in [-0.4, -0.2) is 34.1 Å². The largest absolute Gasteiger partial charge is 0.504 e. The Labute approximate surface area is 109 Å². The van der Waals surface area contributed by atoms with Crippen LogP contribution in [0.3, 0.4) is 0 Å². The van der Waals surface area contributed by atoms with Crippen LogP contribution in [0.5, 0.6) is 11.5 Å². The van der Waals surface area contributed by atoms with E-state index in [0.29, 0.717) is 23.6 Å². The summed E-state index contributed by atoms with van der Waals surface area (Å²) < 4.78 is 10.0. The van der Waals surface area contributed by atoms with Crippen molar-refractivity contribution in [3.63, 3.8) is 0 Å². The van der Waals surface area contributed by atoms with Crippen molar-refractivity contribution < 1.29 is 19.5 Å². The molecule has 102 valence electrons. The molecular weight excluding hydrogens is 250 g/mol. The fourth-order valence-corrected chi connectivity index (χ4v) is 1.58. The molecule has 1 heterocycles. The molecule has 0 aliphatic carbocycles. The Balaban J connectivity index is 2.27. The third kappa shape index (κ3) is 2.83. The second-order valence-corrected chi connectivity index (χ2v) is 3.96. The molecule has 0 amide bonds. The molecule has 1 atom stereocenters. The Morgan fingerprint density at radius 1 is 1.47 bits per heavy atom. The highest BCUT2D eigenvalue weighted by atomic mass is 16.5. The molecule has 0 saturated carbocycles. The van der Waals surface area contributed by atoms with E-state index in [-0.39, 0.29) is 18.2 Å². The lowest BCUT2D eigenvalue weighted by atomic mass is 10.2. The molecule has 1 aromatic carbocycles. The van der Waals surface area contributed by atoms with Gasteiger partial charge in [-0.25, -0.2) is 0 Å². The number of rotatable bonds is 5. The van der Waals surface area contributed by atoms with Crippen LogP contribution >= 0.6 is 0 Å². The Morgan fingerprint density at radius 3 is 2.95 bits per heavy atom. The van der Waals surface area contributed by atoms with Gasteiger partial charge in [-0.15, -0.1) is 0 Å². The van der Waals surface area contributed by atoms with Crippen molar-refractivity contribution in [3.05, 3.63) is 24.1 Å². The van der Waals surface area contributed by atoms with E-state index < -0.39 is 6.04 Å².